The van der Waals surface area contributed by atoms with Crippen LogP contribution in [0.1, 0.15) is 49.7 Å². The summed E-state index contributed by atoms with van der Waals surface area (Å²) in [6.45, 7) is 6.21. The van der Waals surface area contributed by atoms with Crippen molar-refractivity contribution in [2.24, 2.45) is 23.2 Å². The Morgan fingerprint density at radius 3 is 2.95 bits per heavy atom. The van der Waals surface area contributed by atoms with E-state index in [1.165, 1.54) is 11.1 Å². The molecule has 2 nitrogen and oxygen atoms in total. The smallest absolute Gasteiger partial charge is 0.139 e. The lowest BCUT2D eigenvalue weighted by molar-refractivity contribution is -0.129. The molecule has 0 aromatic heterocycles. The molecule has 0 aliphatic heterocycles. The molecule has 0 amide bonds. The van der Waals surface area contributed by atoms with Crippen molar-refractivity contribution in [2.45, 2.75) is 44.9 Å². The van der Waals surface area contributed by atoms with Crippen molar-refractivity contribution in [3.63, 3.8) is 0 Å². The van der Waals surface area contributed by atoms with Crippen LogP contribution in [-0.2, 0) is 11.2 Å². The Bertz CT molecular complexity index is 647. The zero-order valence-corrected chi connectivity index (χ0v) is 13.2. The second-order valence-electron chi connectivity index (χ2n) is 7.70. The van der Waals surface area contributed by atoms with E-state index in [0.717, 1.165) is 25.7 Å². The van der Waals surface area contributed by atoms with E-state index in [-0.39, 0.29) is 5.41 Å². The number of fused-ring (bicyclic) bond motifs is 5. The number of aryl methyl sites for hydroxylation is 1. The lowest BCUT2D eigenvalue weighted by Gasteiger charge is -2.49. The van der Waals surface area contributed by atoms with Gasteiger partial charge < -0.3 is 5.11 Å². The van der Waals surface area contributed by atoms with Gasteiger partial charge in [-0.1, -0.05) is 19.1 Å². The molecule has 116 valence electrons. The first-order chi connectivity index (χ1) is 10.5. The van der Waals surface area contributed by atoms with Crippen molar-refractivity contribution >= 4 is 5.78 Å². The van der Waals surface area contributed by atoms with Crippen LogP contribution >= 0.6 is 0 Å². The number of ketones is 1. The number of Topliss-reactive ketones (excluding diaryl/α,β-unsaturated/α-hetero) is 1. The summed E-state index contributed by atoms with van der Waals surface area (Å²) in [4.78, 5) is 12.6. The minimum atomic E-state index is -0.131. The number of carbonyl (C=O) groups excluding carboxylic acids is 1. The van der Waals surface area contributed by atoms with E-state index in [4.69, 9.17) is 0 Å². The van der Waals surface area contributed by atoms with Gasteiger partial charge in [0.2, 0.25) is 0 Å². The number of benzene rings is 1. The number of rotatable bonds is 1. The topological polar surface area (TPSA) is 37.3 Å². The van der Waals surface area contributed by atoms with E-state index < -0.39 is 0 Å². The van der Waals surface area contributed by atoms with Crippen LogP contribution in [0.4, 0.5) is 0 Å². The van der Waals surface area contributed by atoms with Crippen LogP contribution in [0.5, 0.6) is 5.75 Å². The molecule has 1 aromatic carbocycles. The van der Waals surface area contributed by atoms with Crippen LogP contribution in [0.15, 0.2) is 30.9 Å². The summed E-state index contributed by atoms with van der Waals surface area (Å²) in [7, 11) is 0. The third-order valence-corrected chi connectivity index (χ3v) is 6.78. The molecule has 1 unspecified atom stereocenters. The molecule has 0 heterocycles. The monoisotopic (exact) mass is 296 g/mol. The average Bonchev–Trinajstić information content (AvgIpc) is 2.78. The zero-order valence-electron chi connectivity index (χ0n) is 13.2. The Morgan fingerprint density at radius 2 is 2.18 bits per heavy atom. The summed E-state index contributed by atoms with van der Waals surface area (Å²) in [6.07, 6.45) is 6.99. The van der Waals surface area contributed by atoms with E-state index in [0.29, 0.717) is 41.6 Å². The maximum Gasteiger partial charge on any atom is 0.139 e. The molecule has 5 atom stereocenters. The molecule has 22 heavy (non-hydrogen) atoms. The van der Waals surface area contributed by atoms with Crippen molar-refractivity contribution < 1.29 is 9.90 Å². The number of allylic oxidation sites excluding steroid dienone is 1. The lowest BCUT2D eigenvalue weighted by Crippen LogP contribution is -2.44. The van der Waals surface area contributed by atoms with Crippen LogP contribution in [0.2, 0.25) is 0 Å². The molecule has 3 aliphatic rings. The Morgan fingerprint density at radius 1 is 1.36 bits per heavy atom. The predicted molar refractivity (Wildman–Crippen MR) is 86.8 cm³/mol. The summed E-state index contributed by atoms with van der Waals surface area (Å²) in [5.41, 5.74) is 2.59. The maximum atomic E-state index is 12.6. The van der Waals surface area contributed by atoms with E-state index in [2.05, 4.69) is 19.6 Å². The van der Waals surface area contributed by atoms with Gasteiger partial charge in [-0.15, -0.1) is 6.58 Å². The van der Waals surface area contributed by atoms with Crippen LogP contribution < -0.4 is 0 Å². The highest BCUT2D eigenvalue weighted by atomic mass is 16.3. The first-order valence-electron chi connectivity index (χ1n) is 8.52. The molecule has 0 spiro atoms. The summed E-state index contributed by atoms with van der Waals surface area (Å²) in [6, 6.07) is 5.87. The molecule has 1 N–H and O–H groups in total. The fourth-order valence-electron chi connectivity index (χ4n) is 5.74. The molecule has 4 rings (SSSR count). The number of hydrogen-bond acceptors (Lipinski definition) is 2. The molecule has 0 radical (unpaired) electrons. The zero-order chi connectivity index (χ0) is 15.5. The van der Waals surface area contributed by atoms with Gasteiger partial charge in [0.1, 0.15) is 11.5 Å². The van der Waals surface area contributed by atoms with Gasteiger partial charge >= 0.3 is 0 Å². The molecule has 3 aliphatic carbocycles. The third kappa shape index (κ3) is 1.76. The largest absolute Gasteiger partial charge is 0.508 e. The quantitative estimate of drug-likeness (QED) is 0.787. The van der Waals surface area contributed by atoms with Gasteiger partial charge in [0.25, 0.3) is 0 Å². The molecular formula is C20H24O2. The van der Waals surface area contributed by atoms with Crippen molar-refractivity contribution in [1.82, 2.24) is 0 Å². The number of carbonyl (C=O) groups is 1. The molecule has 0 bridgehead atoms. The van der Waals surface area contributed by atoms with Gasteiger partial charge in [-0.25, -0.2) is 0 Å². The van der Waals surface area contributed by atoms with E-state index >= 15 is 0 Å². The molecule has 2 saturated carbocycles. The van der Waals surface area contributed by atoms with Gasteiger partial charge in [-0.3, -0.25) is 4.79 Å². The number of phenols is 1. The van der Waals surface area contributed by atoms with Gasteiger partial charge in [-0.05, 0) is 72.6 Å². The van der Waals surface area contributed by atoms with Crippen LogP contribution in [0.25, 0.3) is 0 Å². The summed E-state index contributed by atoms with van der Waals surface area (Å²) >= 11 is 0. The van der Waals surface area contributed by atoms with Crippen molar-refractivity contribution in [1.29, 1.82) is 0 Å². The van der Waals surface area contributed by atoms with Crippen molar-refractivity contribution in [3.8, 4) is 5.75 Å². The predicted octanol–water partition coefficient (Wildman–Crippen LogP) is 4.23. The second kappa shape index (κ2) is 4.71. The first-order valence-corrected chi connectivity index (χ1v) is 8.52. The fourth-order valence-corrected chi connectivity index (χ4v) is 5.74. The summed E-state index contributed by atoms with van der Waals surface area (Å²) in [5, 5.41) is 9.73. The molecular weight excluding hydrogens is 272 g/mol. The highest BCUT2D eigenvalue weighted by Crippen LogP contribution is 2.61. The van der Waals surface area contributed by atoms with Crippen molar-refractivity contribution in [2.75, 3.05) is 0 Å². The Balaban J connectivity index is 1.76. The number of aromatic hydroxyl groups is 1. The van der Waals surface area contributed by atoms with Gasteiger partial charge in [-0.2, -0.15) is 0 Å². The molecule has 2 heteroatoms. The van der Waals surface area contributed by atoms with E-state index in [1.54, 1.807) is 0 Å². The maximum absolute atomic E-state index is 12.6. The third-order valence-electron chi connectivity index (χ3n) is 6.78. The van der Waals surface area contributed by atoms with E-state index in [9.17, 15) is 9.90 Å². The minimum absolute atomic E-state index is 0.131. The second-order valence-corrected chi connectivity index (χ2v) is 7.70. The average molecular weight is 296 g/mol. The SMILES string of the molecule is C=CC1CC(=O)[C@@]2(C)CC[C@@H]3c4ccc(O)cc4CC[C@H]3[C@H]12. The summed E-state index contributed by atoms with van der Waals surface area (Å²) in [5.74, 6) is 2.78. The number of hydrogen-bond donors (Lipinski definition) is 1. The van der Waals surface area contributed by atoms with Crippen LogP contribution in [0, 0.1) is 23.2 Å². The minimum Gasteiger partial charge on any atom is -0.508 e. The van der Waals surface area contributed by atoms with Crippen LogP contribution in [-0.4, -0.2) is 10.9 Å². The molecule has 2 fully saturated rings. The Kier molecular flexibility index (Phi) is 3.01. The Labute approximate surface area is 132 Å². The fraction of sp³-hybridized carbons (Fsp3) is 0.550. The standard InChI is InChI=1S/C20H24O2/c1-3-12-11-18(22)20(2)9-8-16-15-7-5-14(21)10-13(15)4-6-17(16)19(12)20/h3,5,7,10,12,16-17,19,21H,1,4,6,8-9,11H2,2H3/t12?,16-,17-,19+,20-/m1/s1. The summed E-state index contributed by atoms with van der Waals surface area (Å²) < 4.78 is 0. The lowest BCUT2D eigenvalue weighted by atomic mass is 9.54. The van der Waals surface area contributed by atoms with E-state index in [1.807, 2.05) is 18.2 Å². The van der Waals surface area contributed by atoms with Gasteiger partial charge in [0.15, 0.2) is 0 Å². The number of phenolic OH excluding ortho intramolecular Hbond substituents is 1. The first kappa shape index (κ1) is 14.0. The molecule has 1 aromatic rings. The Hall–Kier alpha value is -1.57. The molecule has 0 saturated heterocycles. The van der Waals surface area contributed by atoms with Gasteiger partial charge in [0.05, 0.1) is 0 Å². The van der Waals surface area contributed by atoms with Crippen molar-refractivity contribution in [3.05, 3.63) is 42.0 Å². The van der Waals surface area contributed by atoms with Gasteiger partial charge in [0, 0.05) is 11.8 Å². The highest BCUT2D eigenvalue weighted by molar-refractivity contribution is 5.88. The highest BCUT2D eigenvalue weighted by Gasteiger charge is 2.57. The van der Waals surface area contributed by atoms with Crippen LogP contribution in [0.3, 0.4) is 0 Å². The normalized spacial score (nSPS) is 39.8.